The number of methoxy groups -OCH3 is 1. The minimum atomic E-state index is -0.619. The third kappa shape index (κ3) is 3.62. The van der Waals surface area contributed by atoms with Crippen molar-refractivity contribution in [1.82, 2.24) is 5.16 Å². The Bertz CT molecular complexity index is 524. The SMILES string of the molecule is COC(=O)C(N)CSCc1cc(-c2ccco2)on1. The van der Waals surface area contributed by atoms with Crippen LogP contribution in [0.25, 0.3) is 11.5 Å². The van der Waals surface area contributed by atoms with Gasteiger partial charge in [-0.15, -0.1) is 0 Å². The average molecular weight is 282 g/mol. The van der Waals surface area contributed by atoms with Crippen molar-refractivity contribution in [2.24, 2.45) is 5.73 Å². The summed E-state index contributed by atoms with van der Waals surface area (Å²) in [6, 6.07) is 4.76. The van der Waals surface area contributed by atoms with E-state index in [1.807, 2.05) is 0 Å². The molecule has 0 saturated heterocycles. The molecular weight excluding hydrogens is 268 g/mol. The second-order valence-corrected chi connectivity index (χ2v) is 4.83. The summed E-state index contributed by atoms with van der Waals surface area (Å²) >= 11 is 1.49. The van der Waals surface area contributed by atoms with Crippen molar-refractivity contribution >= 4 is 17.7 Å². The van der Waals surface area contributed by atoms with Gasteiger partial charge in [0.15, 0.2) is 5.76 Å². The Morgan fingerprint density at radius 2 is 2.42 bits per heavy atom. The number of nitrogens with zero attached hydrogens (tertiary/aromatic N) is 1. The van der Waals surface area contributed by atoms with Crippen molar-refractivity contribution in [2.45, 2.75) is 11.8 Å². The van der Waals surface area contributed by atoms with E-state index in [-0.39, 0.29) is 0 Å². The zero-order valence-corrected chi connectivity index (χ0v) is 11.2. The summed E-state index contributed by atoms with van der Waals surface area (Å²) in [5.41, 5.74) is 6.39. The first kappa shape index (κ1) is 13.7. The fraction of sp³-hybridized carbons (Fsp3) is 0.333. The number of esters is 1. The second-order valence-electron chi connectivity index (χ2n) is 3.80. The van der Waals surface area contributed by atoms with E-state index >= 15 is 0 Å². The minimum absolute atomic E-state index is 0.413. The smallest absolute Gasteiger partial charge is 0.323 e. The highest BCUT2D eigenvalue weighted by Crippen LogP contribution is 2.22. The van der Waals surface area contributed by atoms with Gasteiger partial charge in [0.05, 0.1) is 19.1 Å². The molecule has 0 bridgehead atoms. The molecule has 19 heavy (non-hydrogen) atoms. The topological polar surface area (TPSA) is 91.5 Å². The van der Waals surface area contributed by atoms with Crippen LogP contribution < -0.4 is 5.73 Å². The number of nitrogens with two attached hydrogens (primary N) is 1. The number of hydrogen-bond donors (Lipinski definition) is 1. The van der Waals surface area contributed by atoms with Crippen LogP contribution in [0.15, 0.2) is 33.4 Å². The van der Waals surface area contributed by atoms with Gasteiger partial charge in [-0.25, -0.2) is 0 Å². The summed E-state index contributed by atoms with van der Waals surface area (Å²) < 4.78 is 14.9. The molecule has 2 N–H and O–H groups in total. The lowest BCUT2D eigenvalue weighted by atomic mass is 10.3. The Kier molecular flexibility index (Phi) is 4.64. The van der Waals surface area contributed by atoms with Gasteiger partial charge in [0.1, 0.15) is 6.04 Å². The van der Waals surface area contributed by atoms with Crippen LogP contribution in [-0.4, -0.2) is 30.0 Å². The maximum atomic E-state index is 11.1. The number of aromatic nitrogens is 1. The summed E-state index contributed by atoms with van der Waals surface area (Å²) in [6.45, 7) is 0. The van der Waals surface area contributed by atoms with Crippen molar-refractivity contribution < 1.29 is 18.5 Å². The van der Waals surface area contributed by atoms with Gasteiger partial charge >= 0.3 is 5.97 Å². The fourth-order valence-electron chi connectivity index (χ4n) is 1.42. The van der Waals surface area contributed by atoms with Crippen LogP contribution >= 0.6 is 11.8 Å². The van der Waals surface area contributed by atoms with E-state index in [2.05, 4.69) is 9.89 Å². The van der Waals surface area contributed by atoms with Crippen LogP contribution in [0.5, 0.6) is 0 Å². The van der Waals surface area contributed by atoms with Gasteiger partial charge in [-0.05, 0) is 12.1 Å². The second kappa shape index (κ2) is 6.44. The van der Waals surface area contributed by atoms with Crippen molar-refractivity contribution in [3.63, 3.8) is 0 Å². The third-order valence-electron chi connectivity index (χ3n) is 2.37. The van der Waals surface area contributed by atoms with Crippen LogP contribution in [0, 0.1) is 0 Å². The number of furan rings is 1. The molecule has 0 radical (unpaired) electrons. The Morgan fingerprint density at radius 1 is 1.58 bits per heavy atom. The molecular formula is C12H14N2O4S. The molecule has 2 rings (SSSR count). The van der Waals surface area contributed by atoms with E-state index in [1.165, 1.54) is 18.9 Å². The number of carbonyl (C=O) groups excluding carboxylic acids is 1. The number of hydrogen-bond acceptors (Lipinski definition) is 7. The van der Waals surface area contributed by atoms with Gasteiger partial charge < -0.3 is 19.4 Å². The van der Waals surface area contributed by atoms with E-state index in [0.717, 1.165) is 5.69 Å². The Hall–Kier alpha value is -1.73. The van der Waals surface area contributed by atoms with E-state index in [1.54, 1.807) is 24.5 Å². The normalized spacial score (nSPS) is 12.3. The highest BCUT2D eigenvalue weighted by atomic mass is 32.2. The van der Waals surface area contributed by atoms with Crippen LogP contribution in [0.1, 0.15) is 5.69 Å². The van der Waals surface area contributed by atoms with Crippen molar-refractivity contribution in [3.8, 4) is 11.5 Å². The van der Waals surface area contributed by atoms with Gasteiger partial charge in [0.2, 0.25) is 5.76 Å². The Morgan fingerprint density at radius 3 is 3.11 bits per heavy atom. The molecule has 0 saturated carbocycles. The number of carbonyl (C=O) groups is 1. The quantitative estimate of drug-likeness (QED) is 0.805. The molecule has 0 aromatic carbocycles. The third-order valence-corrected chi connectivity index (χ3v) is 3.47. The molecule has 7 heteroatoms. The van der Waals surface area contributed by atoms with Crippen LogP contribution in [0.2, 0.25) is 0 Å². The van der Waals surface area contributed by atoms with Crippen LogP contribution in [0.4, 0.5) is 0 Å². The number of thioether (sulfide) groups is 1. The molecule has 2 aromatic heterocycles. The highest BCUT2D eigenvalue weighted by Gasteiger charge is 2.14. The highest BCUT2D eigenvalue weighted by molar-refractivity contribution is 7.98. The van der Waals surface area contributed by atoms with E-state index < -0.39 is 12.0 Å². The van der Waals surface area contributed by atoms with Crippen LogP contribution in [-0.2, 0) is 15.3 Å². The van der Waals surface area contributed by atoms with Gasteiger partial charge in [0.25, 0.3) is 0 Å². The lowest BCUT2D eigenvalue weighted by molar-refractivity contribution is -0.141. The summed E-state index contributed by atoms with van der Waals surface area (Å²) in [7, 11) is 1.32. The molecule has 1 atom stereocenters. The van der Waals surface area contributed by atoms with E-state index in [0.29, 0.717) is 23.0 Å². The minimum Gasteiger partial charge on any atom is -0.468 e. The van der Waals surface area contributed by atoms with Gasteiger partial charge in [-0.1, -0.05) is 5.16 Å². The first-order valence-corrected chi connectivity index (χ1v) is 6.77. The summed E-state index contributed by atoms with van der Waals surface area (Å²) in [6.07, 6.45) is 1.57. The number of ether oxygens (including phenoxy) is 1. The molecule has 2 aromatic rings. The largest absolute Gasteiger partial charge is 0.468 e. The molecule has 0 fully saturated rings. The van der Waals surface area contributed by atoms with Crippen LogP contribution in [0.3, 0.4) is 0 Å². The fourth-order valence-corrected chi connectivity index (χ4v) is 2.28. The lowest BCUT2D eigenvalue weighted by Crippen LogP contribution is -2.33. The van der Waals surface area contributed by atoms with Gasteiger partial charge in [0, 0.05) is 17.6 Å². The first-order chi connectivity index (χ1) is 9.20. The molecule has 2 heterocycles. The van der Waals surface area contributed by atoms with Crippen molar-refractivity contribution in [1.29, 1.82) is 0 Å². The first-order valence-electron chi connectivity index (χ1n) is 5.61. The lowest BCUT2D eigenvalue weighted by Gasteiger charge is -2.07. The predicted octanol–water partition coefficient (Wildman–Crippen LogP) is 1.67. The zero-order chi connectivity index (χ0) is 13.7. The van der Waals surface area contributed by atoms with Crippen molar-refractivity contribution in [2.75, 3.05) is 12.9 Å². The maximum absolute atomic E-state index is 11.1. The average Bonchev–Trinajstić information content (AvgIpc) is 3.07. The van der Waals surface area contributed by atoms with Gasteiger partial charge in [-0.3, -0.25) is 4.79 Å². The monoisotopic (exact) mass is 282 g/mol. The molecule has 102 valence electrons. The molecule has 1 unspecified atom stereocenters. The Labute approximate surface area is 114 Å². The molecule has 0 amide bonds. The summed E-state index contributed by atoms with van der Waals surface area (Å²) in [4.78, 5) is 11.1. The standard InChI is InChI=1S/C12H14N2O4S/c1-16-12(15)9(13)7-19-6-8-5-11(18-14-8)10-3-2-4-17-10/h2-5,9H,6-7,13H2,1H3. The van der Waals surface area contributed by atoms with E-state index in [4.69, 9.17) is 14.7 Å². The summed E-state index contributed by atoms with van der Waals surface area (Å²) in [5.74, 6) is 1.88. The molecule has 0 aliphatic carbocycles. The summed E-state index contributed by atoms with van der Waals surface area (Å²) in [5, 5.41) is 3.92. The van der Waals surface area contributed by atoms with E-state index in [9.17, 15) is 4.79 Å². The molecule has 6 nitrogen and oxygen atoms in total. The molecule has 0 spiro atoms. The Balaban J connectivity index is 1.83. The zero-order valence-electron chi connectivity index (χ0n) is 10.4. The predicted molar refractivity (Wildman–Crippen MR) is 70.4 cm³/mol. The van der Waals surface area contributed by atoms with Gasteiger partial charge in [-0.2, -0.15) is 11.8 Å². The van der Waals surface area contributed by atoms with Crippen molar-refractivity contribution in [3.05, 3.63) is 30.2 Å². The number of rotatable bonds is 6. The molecule has 0 aliphatic heterocycles. The molecule has 0 aliphatic rings. The maximum Gasteiger partial charge on any atom is 0.323 e.